The summed E-state index contributed by atoms with van der Waals surface area (Å²) in [5.41, 5.74) is 4.99. The van der Waals surface area contributed by atoms with Gasteiger partial charge in [-0.1, -0.05) is 30.3 Å². The number of hydrogen-bond donors (Lipinski definition) is 0. The molecule has 2 aromatic rings. The number of anilines is 1. The fraction of sp³-hybridized carbons (Fsp3) is 0.368. The Balaban J connectivity index is 1.67. The zero-order chi connectivity index (χ0) is 17.1. The van der Waals surface area contributed by atoms with Crippen LogP contribution >= 0.6 is 0 Å². The van der Waals surface area contributed by atoms with Crippen LogP contribution in [-0.4, -0.2) is 36.0 Å². The van der Waals surface area contributed by atoms with Gasteiger partial charge in [-0.3, -0.25) is 15.0 Å². The van der Waals surface area contributed by atoms with Crippen LogP contribution in [0.5, 0.6) is 0 Å². The number of hydrogen-bond acceptors (Lipinski definition) is 4. The number of nitro benzene ring substituents is 1. The lowest BCUT2D eigenvalue weighted by Crippen LogP contribution is -2.46. The molecule has 3 rings (SSSR count). The van der Waals surface area contributed by atoms with Gasteiger partial charge in [0, 0.05) is 38.8 Å². The van der Waals surface area contributed by atoms with Gasteiger partial charge in [0.15, 0.2) is 0 Å². The number of aryl methyl sites for hydroxylation is 2. The largest absolute Gasteiger partial charge is 0.363 e. The van der Waals surface area contributed by atoms with Crippen molar-refractivity contribution in [1.82, 2.24) is 4.90 Å². The monoisotopic (exact) mass is 325 g/mol. The third kappa shape index (κ3) is 3.41. The molecule has 0 aromatic heterocycles. The molecular formula is C19H23N3O2. The van der Waals surface area contributed by atoms with Gasteiger partial charge in [0.2, 0.25) is 0 Å². The molecule has 0 aliphatic carbocycles. The second-order valence-corrected chi connectivity index (χ2v) is 6.38. The van der Waals surface area contributed by atoms with Crippen LogP contribution in [0, 0.1) is 24.0 Å². The molecule has 1 saturated heterocycles. The zero-order valence-corrected chi connectivity index (χ0v) is 14.2. The summed E-state index contributed by atoms with van der Waals surface area (Å²) >= 11 is 0. The van der Waals surface area contributed by atoms with Crippen LogP contribution in [0.15, 0.2) is 42.5 Å². The van der Waals surface area contributed by atoms with Crippen molar-refractivity contribution in [3.63, 3.8) is 0 Å². The lowest BCUT2D eigenvalue weighted by molar-refractivity contribution is -0.384. The van der Waals surface area contributed by atoms with E-state index in [-0.39, 0.29) is 10.6 Å². The van der Waals surface area contributed by atoms with E-state index < -0.39 is 0 Å². The fourth-order valence-electron chi connectivity index (χ4n) is 3.35. The lowest BCUT2D eigenvalue weighted by Gasteiger charge is -2.36. The predicted octanol–water partition coefficient (Wildman–Crippen LogP) is 3.53. The van der Waals surface area contributed by atoms with Gasteiger partial charge >= 0.3 is 0 Å². The minimum Gasteiger partial charge on any atom is -0.363 e. The van der Waals surface area contributed by atoms with Gasteiger partial charge in [0.05, 0.1) is 4.92 Å². The van der Waals surface area contributed by atoms with Gasteiger partial charge in [-0.15, -0.1) is 0 Å². The Bertz CT molecular complexity index is 717. The third-order valence-electron chi connectivity index (χ3n) is 4.82. The van der Waals surface area contributed by atoms with Crippen LogP contribution in [0.25, 0.3) is 0 Å². The van der Waals surface area contributed by atoms with Crippen LogP contribution in [0.2, 0.25) is 0 Å². The summed E-state index contributed by atoms with van der Waals surface area (Å²) in [4.78, 5) is 15.5. The molecule has 5 heteroatoms. The van der Waals surface area contributed by atoms with Gasteiger partial charge < -0.3 is 4.90 Å². The van der Waals surface area contributed by atoms with Crippen molar-refractivity contribution >= 4 is 11.4 Å². The summed E-state index contributed by atoms with van der Waals surface area (Å²) in [5.74, 6) is 0. The number of nitrogens with zero attached hydrogens (tertiary/aromatic N) is 3. The molecule has 1 heterocycles. The molecule has 126 valence electrons. The molecule has 0 N–H and O–H groups in total. The van der Waals surface area contributed by atoms with Crippen molar-refractivity contribution in [2.45, 2.75) is 20.4 Å². The first kappa shape index (κ1) is 16.5. The molecule has 0 amide bonds. The van der Waals surface area contributed by atoms with E-state index in [2.05, 4.69) is 41.8 Å². The number of para-hydroxylation sites is 2. The second-order valence-electron chi connectivity index (χ2n) is 6.38. The average molecular weight is 325 g/mol. The molecule has 0 spiro atoms. The van der Waals surface area contributed by atoms with Gasteiger partial charge in [-0.25, -0.2) is 0 Å². The van der Waals surface area contributed by atoms with Gasteiger partial charge in [-0.05, 0) is 36.6 Å². The van der Waals surface area contributed by atoms with E-state index in [4.69, 9.17) is 0 Å². The second kappa shape index (κ2) is 7.01. The van der Waals surface area contributed by atoms with E-state index in [1.807, 2.05) is 12.1 Å². The Hall–Kier alpha value is -2.40. The van der Waals surface area contributed by atoms with Crippen molar-refractivity contribution in [3.8, 4) is 0 Å². The predicted molar refractivity (Wildman–Crippen MR) is 96.5 cm³/mol. The summed E-state index contributed by atoms with van der Waals surface area (Å²) < 4.78 is 0. The molecule has 0 radical (unpaired) electrons. The highest BCUT2D eigenvalue weighted by Gasteiger charge is 2.23. The molecule has 5 nitrogen and oxygen atoms in total. The van der Waals surface area contributed by atoms with E-state index in [1.54, 1.807) is 12.1 Å². The van der Waals surface area contributed by atoms with Crippen molar-refractivity contribution in [1.29, 1.82) is 0 Å². The van der Waals surface area contributed by atoms with Crippen molar-refractivity contribution < 1.29 is 4.92 Å². The Morgan fingerprint density at radius 1 is 0.958 bits per heavy atom. The zero-order valence-electron chi connectivity index (χ0n) is 14.2. The first-order chi connectivity index (χ1) is 11.6. The molecule has 0 unspecified atom stereocenters. The SMILES string of the molecule is Cc1cccc(C)c1CN1CCN(c2ccccc2[N+](=O)[O-])CC1. The van der Waals surface area contributed by atoms with Crippen LogP contribution in [0.1, 0.15) is 16.7 Å². The summed E-state index contributed by atoms with van der Waals surface area (Å²) in [5, 5.41) is 11.2. The van der Waals surface area contributed by atoms with E-state index >= 15 is 0 Å². The van der Waals surface area contributed by atoms with E-state index in [0.717, 1.165) is 38.4 Å². The normalized spacial score (nSPS) is 15.5. The maximum Gasteiger partial charge on any atom is 0.292 e. The maximum absolute atomic E-state index is 11.2. The van der Waals surface area contributed by atoms with E-state index in [1.165, 1.54) is 16.7 Å². The van der Waals surface area contributed by atoms with Crippen LogP contribution in [-0.2, 0) is 6.54 Å². The smallest absolute Gasteiger partial charge is 0.292 e. The Kier molecular flexibility index (Phi) is 4.81. The van der Waals surface area contributed by atoms with Crippen molar-refractivity contribution in [2.24, 2.45) is 0 Å². The molecule has 0 saturated carbocycles. The molecule has 0 bridgehead atoms. The molecule has 0 atom stereocenters. The third-order valence-corrected chi connectivity index (χ3v) is 4.82. The van der Waals surface area contributed by atoms with Crippen molar-refractivity contribution in [3.05, 3.63) is 69.3 Å². The van der Waals surface area contributed by atoms with Gasteiger partial charge in [0.25, 0.3) is 5.69 Å². The molecule has 1 aliphatic rings. The highest BCUT2D eigenvalue weighted by molar-refractivity contribution is 5.63. The Labute approximate surface area is 142 Å². The summed E-state index contributed by atoms with van der Waals surface area (Å²) in [6.07, 6.45) is 0. The van der Waals surface area contributed by atoms with Gasteiger partial charge in [-0.2, -0.15) is 0 Å². The summed E-state index contributed by atoms with van der Waals surface area (Å²) in [6.45, 7) is 8.73. The van der Waals surface area contributed by atoms with E-state index in [9.17, 15) is 10.1 Å². The molecule has 1 fully saturated rings. The maximum atomic E-state index is 11.2. The fourth-order valence-corrected chi connectivity index (χ4v) is 3.35. The molecular weight excluding hydrogens is 302 g/mol. The highest BCUT2D eigenvalue weighted by Crippen LogP contribution is 2.28. The van der Waals surface area contributed by atoms with Crippen LogP contribution in [0.3, 0.4) is 0 Å². The number of rotatable bonds is 4. The molecule has 24 heavy (non-hydrogen) atoms. The number of nitro groups is 1. The minimum atomic E-state index is -0.293. The summed E-state index contributed by atoms with van der Waals surface area (Å²) in [7, 11) is 0. The van der Waals surface area contributed by atoms with E-state index in [0.29, 0.717) is 0 Å². The van der Waals surface area contributed by atoms with Gasteiger partial charge in [0.1, 0.15) is 5.69 Å². The first-order valence-electron chi connectivity index (χ1n) is 8.32. The number of benzene rings is 2. The first-order valence-corrected chi connectivity index (χ1v) is 8.32. The molecule has 2 aromatic carbocycles. The summed E-state index contributed by atoms with van der Waals surface area (Å²) in [6, 6.07) is 13.4. The standard InChI is InChI=1S/C19H23N3O2/c1-15-6-5-7-16(2)17(15)14-20-10-12-21(13-11-20)18-8-3-4-9-19(18)22(23)24/h3-9H,10-14H2,1-2H3. The average Bonchev–Trinajstić information content (AvgIpc) is 2.59. The van der Waals surface area contributed by atoms with Crippen molar-refractivity contribution in [2.75, 3.05) is 31.1 Å². The Morgan fingerprint density at radius 3 is 2.21 bits per heavy atom. The van der Waals surface area contributed by atoms with Crippen LogP contribution < -0.4 is 4.90 Å². The lowest BCUT2D eigenvalue weighted by atomic mass is 10.0. The molecule has 1 aliphatic heterocycles. The Morgan fingerprint density at radius 2 is 1.58 bits per heavy atom. The van der Waals surface area contributed by atoms with Crippen LogP contribution in [0.4, 0.5) is 11.4 Å². The quantitative estimate of drug-likeness (QED) is 0.637. The highest BCUT2D eigenvalue weighted by atomic mass is 16.6. The number of piperazine rings is 1. The topological polar surface area (TPSA) is 49.6 Å². The minimum absolute atomic E-state index is 0.195.